The van der Waals surface area contributed by atoms with Crippen LogP contribution in [0, 0.1) is 0 Å². The van der Waals surface area contributed by atoms with Gasteiger partial charge >= 0.3 is 0 Å². The molecule has 5 heteroatoms. The van der Waals surface area contributed by atoms with Crippen LogP contribution in [0.4, 0.5) is 5.69 Å². The number of H-pyrrole nitrogens is 1. The summed E-state index contributed by atoms with van der Waals surface area (Å²) >= 11 is 0. The highest BCUT2D eigenvalue weighted by atomic mass is 16.7. The monoisotopic (exact) mass is 245 g/mol. The topological polar surface area (TPSA) is 71.3 Å². The van der Waals surface area contributed by atoms with Gasteiger partial charge in [0.1, 0.15) is 5.69 Å². The summed E-state index contributed by atoms with van der Waals surface area (Å²) in [6, 6.07) is 7.42. The lowest BCUT2D eigenvalue weighted by atomic mass is 10.2. The van der Waals surface area contributed by atoms with Crippen molar-refractivity contribution in [3.05, 3.63) is 30.0 Å². The molecule has 1 aliphatic rings. The Morgan fingerprint density at radius 2 is 2.28 bits per heavy atom. The number of hydrogen-bond donors (Lipinski definition) is 2. The Morgan fingerprint density at radius 3 is 3.00 bits per heavy atom. The van der Waals surface area contributed by atoms with Crippen LogP contribution in [0.15, 0.2) is 24.3 Å². The summed E-state index contributed by atoms with van der Waals surface area (Å²) in [5.74, 6) is -0.134. The molecule has 94 valence electrons. The molecule has 0 atom stereocenters. The van der Waals surface area contributed by atoms with Gasteiger partial charge in [0.2, 0.25) is 0 Å². The van der Waals surface area contributed by atoms with Gasteiger partial charge in [-0.15, -0.1) is 0 Å². The van der Waals surface area contributed by atoms with E-state index in [4.69, 9.17) is 10.6 Å². The molecule has 5 nitrogen and oxygen atoms in total. The number of rotatable bonds is 1. The fraction of sp³-hybridized carbons (Fsp3) is 0.308. The Labute approximate surface area is 104 Å². The predicted octanol–water partition coefficient (Wildman–Crippen LogP) is 1.92. The van der Waals surface area contributed by atoms with Crippen LogP contribution in [0.1, 0.15) is 23.3 Å². The molecular formula is C13H15N3O2. The predicted molar refractivity (Wildman–Crippen MR) is 68.9 cm³/mol. The zero-order valence-corrected chi connectivity index (χ0v) is 9.98. The highest BCUT2D eigenvalue weighted by Crippen LogP contribution is 2.22. The number of nitrogen functional groups attached to an aromatic ring is 1. The average Bonchev–Trinajstić information content (AvgIpc) is 2.84. The van der Waals surface area contributed by atoms with Crippen molar-refractivity contribution in [1.29, 1.82) is 0 Å². The molecule has 0 aliphatic carbocycles. The van der Waals surface area contributed by atoms with Crippen molar-refractivity contribution >= 4 is 22.5 Å². The van der Waals surface area contributed by atoms with Gasteiger partial charge in [-0.05, 0) is 25.0 Å². The molecule has 3 N–H and O–H groups in total. The minimum absolute atomic E-state index is 0.134. The zero-order valence-electron chi connectivity index (χ0n) is 9.98. The molecular weight excluding hydrogens is 230 g/mol. The molecule has 1 aromatic carbocycles. The fourth-order valence-corrected chi connectivity index (χ4v) is 2.19. The minimum atomic E-state index is -0.134. The Kier molecular flexibility index (Phi) is 2.68. The normalized spacial score (nSPS) is 16.1. The minimum Gasteiger partial charge on any atom is -0.397 e. The second-order valence-corrected chi connectivity index (χ2v) is 4.44. The van der Waals surface area contributed by atoms with Crippen LogP contribution >= 0.6 is 0 Å². The lowest BCUT2D eigenvalue weighted by molar-refractivity contribution is -0.144. The van der Waals surface area contributed by atoms with Crippen LogP contribution in [0.25, 0.3) is 10.9 Å². The van der Waals surface area contributed by atoms with Crippen molar-refractivity contribution in [1.82, 2.24) is 10.0 Å². The molecule has 0 radical (unpaired) electrons. The van der Waals surface area contributed by atoms with Gasteiger partial charge in [0.05, 0.1) is 17.8 Å². The number of benzene rings is 1. The molecule has 1 aliphatic heterocycles. The molecule has 0 bridgehead atoms. The van der Waals surface area contributed by atoms with E-state index in [0.717, 1.165) is 23.7 Å². The van der Waals surface area contributed by atoms with Gasteiger partial charge in [0.15, 0.2) is 0 Å². The van der Waals surface area contributed by atoms with Gasteiger partial charge in [-0.2, -0.15) is 0 Å². The number of fused-ring (bicyclic) bond motifs is 1. The van der Waals surface area contributed by atoms with Gasteiger partial charge in [-0.1, -0.05) is 12.1 Å². The van der Waals surface area contributed by atoms with Crippen LogP contribution in [0.2, 0.25) is 0 Å². The van der Waals surface area contributed by atoms with Gasteiger partial charge in [-0.25, -0.2) is 5.06 Å². The molecule has 1 aromatic heterocycles. The van der Waals surface area contributed by atoms with Crippen LogP contribution < -0.4 is 5.73 Å². The van der Waals surface area contributed by atoms with Crippen LogP contribution in [-0.2, 0) is 4.84 Å². The van der Waals surface area contributed by atoms with E-state index in [1.165, 1.54) is 5.06 Å². The maximum absolute atomic E-state index is 12.2. The summed E-state index contributed by atoms with van der Waals surface area (Å²) in [6.07, 6.45) is 1.98. The van der Waals surface area contributed by atoms with E-state index in [1.807, 2.05) is 24.3 Å². The smallest absolute Gasteiger partial charge is 0.293 e. The van der Waals surface area contributed by atoms with E-state index in [1.54, 1.807) is 0 Å². The summed E-state index contributed by atoms with van der Waals surface area (Å²) in [5, 5.41) is 2.36. The van der Waals surface area contributed by atoms with Gasteiger partial charge in [0.25, 0.3) is 5.91 Å². The fourth-order valence-electron chi connectivity index (χ4n) is 2.19. The summed E-state index contributed by atoms with van der Waals surface area (Å²) in [4.78, 5) is 20.6. The number of carbonyl (C=O) groups is 1. The number of nitrogens with one attached hydrogen (secondary N) is 1. The van der Waals surface area contributed by atoms with Gasteiger partial charge < -0.3 is 10.7 Å². The molecule has 2 heterocycles. The molecule has 1 fully saturated rings. The van der Waals surface area contributed by atoms with Crippen LogP contribution in [0.3, 0.4) is 0 Å². The second-order valence-electron chi connectivity index (χ2n) is 4.44. The molecule has 0 unspecified atom stereocenters. The van der Waals surface area contributed by atoms with Crippen LogP contribution in [-0.4, -0.2) is 29.1 Å². The number of anilines is 1. The highest BCUT2D eigenvalue weighted by molar-refractivity contribution is 6.00. The third-order valence-corrected chi connectivity index (χ3v) is 3.15. The standard InChI is InChI=1S/C13H15N3O2/c14-10-5-3-4-9-8-11(15-12(9)10)13(17)16-6-1-2-7-18-16/h3-5,8,15H,1-2,6-7,14H2. The van der Waals surface area contributed by atoms with E-state index >= 15 is 0 Å². The first-order chi connectivity index (χ1) is 8.75. The lowest BCUT2D eigenvalue weighted by Crippen LogP contribution is -2.35. The van der Waals surface area contributed by atoms with E-state index < -0.39 is 0 Å². The third kappa shape index (κ3) is 1.82. The molecule has 0 saturated carbocycles. The van der Waals surface area contributed by atoms with Crippen molar-refractivity contribution in [2.24, 2.45) is 0 Å². The number of aromatic nitrogens is 1. The summed E-state index contributed by atoms with van der Waals surface area (Å²) in [7, 11) is 0. The van der Waals surface area contributed by atoms with Crippen molar-refractivity contribution in [2.75, 3.05) is 18.9 Å². The first kappa shape index (κ1) is 11.1. The van der Waals surface area contributed by atoms with Crippen LogP contribution in [0.5, 0.6) is 0 Å². The third-order valence-electron chi connectivity index (χ3n) is 3.15. The Balaban J connectivity index is 1.94. The van der Waals surface area contributed by atoms with E-state index in [-0.39, 0.29) is 5.91 Å². The summed E-state index contributed by atoms with van der Waals surface area (Å²) in [6.45, 7) is 1.25. The molecule has 2 aromatic rings. The number of hydrogen-bond acceptors (Lipinski definition) is 3. The molecule has 1 saturated heterocycles. The first-order valence-electron chi connectivity index (χ1n) is 6.08. The maximum atomic E-state index is 12.2. The number of aromatic amines is 1. The number of amides is 1. The van der Waals surface area contributed by atoms with E-state index in [9.17, 15) is 4.79 Å². The number of para-hydroxylation sites is 1. The van der Waals surface area contributed by atoms with E-state index in [2.05, 4.69) is 4.98 Å². The molecule has 3 rings (SSSR count). The van der Waals surface area contributed by atoms with Gasteiger partial charge in [0, 0.05) is 11.9 Å². The lowest BCUT2D eigenvalue weighted by Gasteiger charge is -2.25. The second kappa shape index (κ2) is 4.34. The number of hydroxylamine groups is 2. The first-order valence-corrected chi connectivity index (χ1v) is 6.08. The number of carbonyl (C=O) groups excluding carboxylic acids is 1. The average molecular weight is 245 g/mol. The molecule has 0 spiro atoms. The SMILES string of the molecule is Nc1cccc2cc(C(=O)N3CCCCO3)[nH]c12. The highest BCUT2D eigenvalue weighted by Gasteiger charge is 2.21. The Bertz CT molecular complexity index is 585. The van der Waals surface area contributed by atoms with Crippen molar-refractivity contribution in [2.45, 2.75) is 12.8 Å². The summed E-state index contributed by atoms with van der Waals surface area (Å²) in [5.41, 5.74) is 7.83. The largest absolute Gasteiger partial charge is 0.397 e. The summed E-state index contributed by atoms with van der Waals surface area (Å²) < 4.78 is 0. The van der Waals surface area contributed by atoms with E-state index in [0.29, 0.717) is 24.5 Å². The maximum Gasteiger partial charge on any atom is 0.293 e. The van der Waals surface area contributed by atoms with Crippen molar-refractivity contribution in [3.8, 4) is 0 Å². The molecule has 1 amide bonds. The Morgan fingerprint density at radius 1 is 1.39 bits per heavy atom. The zero-order chi connectivity index (χ0) is 12.5. The van der Waals surface area contributed by atoms with Crippen molar-refractivity contribution in [3.63, 3.8) is 0 Å². The number of nitrogens with zero attached hydrogens (tertiary/aromatic N) is 1. The quantitative estimate of drug-likeness (QED) is 0.754. The Hall–Kier alpha value is -2.01. The van der Waals surface area contributed by atoms with Crippen molar-refractivity contribution < 1.29 is 9.63 Å². The molecule has 18 heavy (non-hydrogen) atoms. The van der Waals surface area contributed by atoms with Gasteiger partial charge in [-0.3, -0.25) is 9.63 Å². The number of nitrogens with two attached hydrogens (primary N) is 1.